The van der Waals surface area contributed by atoms with Crippen LogP contribution in [0.3, 0.4) is 0 Å². The predicted octanol–water partition coefficient (Wildman–Crippen LogP) is 2.55. The number of carbonyl (C=O) groups is 1. The maximum absolute atomic E-state index is 13.3. The summed E-state index contributed by atoms with van der Waals surface area (Å²) in [5.74, 6) is -2.22. The molecule has 0 atom stereocenters. The third-order valence-corrected chi connectivity index (χ3v) is 4.42. The van der Waals surface area contributed by atoms with Crippen LogP contribution < -0.4 is 14.9 Å². The van der Waals surface area contributed by atoms with E-state index in [0.29, 0.717) is 5.69 Å². The Hall–Kier alpha value is -2.68. The van der Waals surface area contributed by atoms with Crippen molar-refractivity contribution in [2.75, 3.05) is 29.0 Å². The van der Waals surface area contributed by atoms with E-state index in [9.17, 15) is 22.0 Å². The molecule has 0 aliphatic heterocycles. The van der Waals surface area contributed by atoms with Gasteiger partial charge < -0.3 is 10.6 Å². The maximum Gasteiger partial charge on any atom is 0.319 e. The summed E-state index contributed by atoms with van der Waals surface area (Å²) in [4.78, 5) is 11.8. The van der Waals surface area contributed by atoms with Gasteiger partial charge >= 0.3 is 6.03 Å². The summed E-state index contributed by atoms with van der Waals surface area (Å²) in [6.45, 7) is -0.156. The Balaban J connectivity index is 1.99. The van der Waals surface area contributed by atoms with Crippen molar-refractivity contribution in [3.63, 3.8) is 0 Å². The van der Waals surface area contributed by atoms with E-state index in [2.05, 4.69) is 10.6 Å². The van der Waals surface area contributed by atoms with Crippen molar-refractivity contribution in [2.45, 2.75) is 0 Å². The summed E-state index contributed by atoms with van der Waals surface area (Å²) >= 11 is 0. The molecule has 0 radical (unpaired) electrons. The number of amides is 2. The topological polar surface area (TPSA) is 78.5 Å². The third kappa shape index (κ3) is 5.42. The summed E-state index contributed by atoms with van der Waals surface area (Å²) in [6, 6.07) is 11.0. The van der Waals surface area contributed by atoms with E-state index in [1.807, 2.05) is 0 Å². The van der Waals surface area contributed by atoms with Crippen LogP contribution in [0.4, 0.5) is 25.0 Å². The minimum Gasteiger partial charge on any atom is -0.336 e. The van der Waals surface area contributed by atoms with E-state index in [0.717, 1.165) is 28.8 Å². The van der Waals surface area contributed by atoms with Gasteiger partial charge in [-0.15, -0.1) is 0 Å². The molecule has 0 heterocycles. The number of halogens is 2. The van der Waals surface area contributed by atoms with Gasteiger partial charge in [-0.3, -0.25) is 4.31 Å². The molecule has 134 valence electrons. The van der Waals surface area contributed by atoms with Crippen LogP contribution in [0.25, 0.3) is 0 Å². The van der Waals surface area contributed by atoms with Crippen LogP contribution >= 0.6 is 0 Å². The van der Waals surface area contributed by atoms with E-state index < -0.39 is 27.7 Å². The van der Waals surface area contributed by atoms with Crippen LogP contribution in [-0.2, 0) is 10.0 Å². The van der Waals surface area contributed by atoms with Crippen molar-refractivity contribution < 1.29 is 22.0 Å². The molecule has 9 heteroatoms. The first-order valence-corrected chi connectivity index (χ1v) is 9.15. The van der Waals surface area contributed by atoms with Gasteiger partial charge in [0.1, 0.15) is 0 Å². The van der Waals surface area contributed by atoms with Crippen molar-refractivity contribution in [3.8, 4) is 0 Å². The number of sulfonamides is 1. The Labute approximate surface area is 144 Å². The second-order valence-electron chi connectivity index (χ2n) is 5.18. The maximum atomic E-state index is 13.3. The monoisotopic (exact) mass is 369 g/mol. The van der Waals surface area contributed by atoms with Gasteiger partial charge in [-0.1, -0.05) is 18.2 Å². The molecule has 2 aromatic rings. The van der Waals surface area contributed by atoms with Crippen molar-refractivity contribution in [1.29, 1.82) is 0 Å². The summed E-state index contributed by atoms with van der Waals surface area (Å²) in [5.41, 5.74) is 0.562. The first kappa shape index (κ1) is 18.7. The van der Waals surface area contributed by atoms with Gasteiger partial charge in [0.15, 0.2) is 11.6 Å². The van der Waals surface area contributed by atoms with Gasteiger partial charge in [-0.2, -0.15) is 0 Å². The van der Waals surface area contributed by atoms with Gasteiger partial charge in [0.05, 0.1) is 18.5 Å². The lowest BCUT2D eigenvalue weighted by atomic mass is 10.3. The first-order chi connectivity index (χ1) is 11.8. The zero-order valence-corrected chi connectivity index (χ0v) is 14.2. The number of hydrogen-bond donors (Lipinski definition) is 2. The van der Waals surface area contributed by atoms with Gasteiger partial charge in [0.25, 0.3) is 0 Å². The molecule has 0 aliphatic rings. The fraction of sp³-hybridized carbons (Fsp3) is 0.188. The number of benzene rings is 2. The summed E-state index contributed by atoms with van der Waals surface area (Å²) in [7, 11) is -3.73. The summed E-state index contributed by atoms with van der Waals surface area (Å²) < 4.78 is 51.0. The highest BCUT2D eigenvalue weighted by atomic mass is 32.2. The third-order valence-electron chi connectivity index (χ3n) is 3.22. The summed E-state index contributed by atoms with van der Waals surface area (Å²) in [6.07, 6.45) is 0.943. The number of nitrogens with zero attached hydrogens (tertiary/aromatic N) is 1. The Kier molecular flexibility index (Phi) is 5.92. The Bertz CT molecular complexity index is 845. The highest BCUT2D eigenvalue weighted by Crippen LogP contribution is 2.20. The standard InChI is InChI=1S/C16H17F2N3O3S/c1-25(23,24)21(13-7-8-14(17)15(18)11-13)10-9-19-16(22)20-12-5-3-2-4-6-12/h2-8,11H,9-10H2,1H3,(H2,19,20,22). The van der Waals surface area contributed by atoms with Crippen LogP contribution in [0, 0.1) is 11.6 Å². The van der Waals surface area contributed by atoms with Gasteiger partial charge in [0, 0.05) is 18.3 Å². The average Bonchev–Trinajstić information content (AvgIpc) is 2.54. The van der Waals surface area contributed by atoms with Crippen LogP contribution in [0.15, 0.2) is 48.5 Å². The minimum absolute atomic E-state index is 0.0216. The smallest absolute Gasteiger partial charge is 0.319 e. The van der Waals surface area contributed by atoms with Crippen molar-refractivity contribution in [1.82, 2.24) is 5.32 Å². The number of urea groups is 1. The fourth-order valence-electron chi connectivity index (χ4n) is 2.09. The number of carbonyl (C=O) groups excluding carboxylic acids is 1. The molecule has 0 unspecified atom stereocenters. The van der Waals surface area contributed by atoms with E-state index in [-0.39, 0.29) is 18.8 Å². The highest BCUT2D eigenvalue weighted by molar-refractivity contribution is 7.92. The molecular formula is C16H17F2N3O3S. The molecule has 2 rings (SSSR count). The van der Waals surface area contributed by atoms with Crippen molar-refractivity contribution >= 4 is 27.4 Å². The first-order valence-electron chi connectivity index (χ1n) is 7.30. The average molecular weight is 369 g/mol. The second kappa shape index (κ2) is 7.93. The van der Waals surface area contributed by atoms with Gasteiger partial charge in [-0.05, 0) is 24.3 Å². The van der Waals surface area contributed by atoms with E-state index in [4.69, 9.17) is 0 Å². The van der Waals surface area contributed by atoms with Crippen LogP contribution in [0.5, 0.6) is 0 Å². The number of nitrogens with one attached hydrogen (secondary N) is 2. The molecule has 0 spiro atoms. The number of anilines is 2. The predicted molar refractivity (Wildman–Crippen MR) is 92.0 cm³/mol. The highest BCUT2D eigenvalue weighted by Gasteiger charge is 2.19. The molecule has 6 nitrogen and oxygen atoms in total. The molecule has 0 bridgehead atoms. The molecule has 2 amide bonds. The quantitative estimate of drug-likeness (QED) is 0.821. The molecule has 0 aliphatic carbocycles. The Morgan fingerprint density at radius 3 is 2.36 bits per heavy atom. The molecule has 0 aromatic heterocycles. The Morgan fingerprint density at radius 1 is 1.08 bits per heavy atom. The zero-order valence-electron chi connectivity index (χ0n) is 13.4. The molecule has 25 heavy (non-hydrogen) atoms. The molecule has 0 saturated heterocycles. The van der Waals surface area contributed by atoms with E-state index >= 15 is 0 Å². The molecular weight excluding hydrogens is 352 g/mol. The SMILES string of the molecule is CS(=O)(=O)N(CCNC(=O)Nc1ccccc1)c1ccc(F)c(F)c1. The number of hydrogen-bond acceptors (Lipinski definition) is 3. The van der Waals surface area contributed by atoms with Crippen molar-refractivity contribution in [2.24, 2.45) is 0 Å². The van der Waals surface area contributed by atoms with Gasteiger partial charge in [-0.25, -0.2) is 22.0 Å². The zero-order chi connectivity index (χ0) is 18.4. The number of rotatable bonds is 6. The van der Waals surface area contributed by atoms with Crippen molar-refractivity contribution in [3.05, 3.63) is 60.2 Å². The van der Waals surface area contributed by atoms with Crippen LogP contribution in [0.1, 0.15) is 0 Å². The molecule has 2 aromatic carbocycles. The second-order valence-corrected chi connectivity index (χ2v) is 7.09. The largest absolute Gasteiger partial charge is 0.336 e. The number of para-hydroxylation sites is 1. The van der Waals surface area contributed by atoms with E-state index in [1.165, 1.54) is 0 Å². The molecule has 0 fully saturated rings. The molecule has 0 saturated carbocycles. The van der Waals surface area contributed by atoms with Crippen LogP contribution in [0.2, 0.25) is 0 Å². The lowest BCUT2D eigenvalue weighted by Gasteiger charge is -2.22. The fourth-order valence-corrected chi connectivity index (χ4v) is 3.01. The van der Waals surface area contributed by atoms with Gasteiger partial charge in [0.2, 0.25) is 10.0 Å². The summed E-state index contributed by atoms with van der Waals surface area (Å²) in [5, 5.41) is 5.09. The minimum atomic E-state index is -3.73. The molecule has 2 N–H and O–H groups in total. The van der Waals surface area contributed by atoms with Crippen LogP contribution in [-0.4, -0.2) is 33.8 Å². The normalized spacial score (nSPS) is 11.0. The Morgan fingerprint density at radius 2 is 1.76 bits per heavy atom. The lowest BCUT2D eigenvalue weighted by Crippen LogP contribution is -2.39. The van der Waals surface area contributed by atoms with E-state index in [1.54, 1.807) is 30.3 Å². The lowest BCUT2D eigenvalue weighted by molar-refractivity contribution is 0.252.